The summed E-state index contributed by atoms with van der Waals surface area (Å²) >= 11 is 0. The van der Waals surface area contributed by atoms with Crippen LogP contribution in [0.25, 0.3) is 11.4 Å². The molecular weight excluding hydrogens is 331 g/mol. The van der Waals surface area contributed by atoms with Crippen LogP contribution in [0.5, 0.6) is 0 Å². The number of aryl methyl sites for hydroxylation is 1. The van der Waals surface area contributed by atoms with Crippen molar-refractivity contribution in [1.82, 2.24) is 15.0 Å². The van der Waals surface area contributed by atoms with E-state index in [0.717, 1.165) is 35.5 Å². The van der Waals surface area contributed by atoms with Crippen LogP contribution in [0, 0.1) is 19.7 Å². The number of halogens is 1. The van der Waals surface area contributed by atoms with E-state index in [0.29, 0.717) is 23.6 Å². The number of aromatic amines is 1. The van der Waals surface area contributed by atoms with Gasteiger partial charge in [0, 0.05) is 36.1 Å². The molecule has 0 saturated carbocycles. The van der Waals surface area contributed by atoms with E-state index in [1.807, 2.05) is 25.1 Å². The van der Waals surface area contributed by atoms with Gasteiger partial charge in [0.25, 0.3) is 5.56 Å². The van der Waals surface area contributed by atoms with Crippen LogP contribution in [0.1, 0.15) is 22.4 Å². The third kappa shape index (κ3) is 2.98. The number of fused-ring (bicyclic) bond motifs is 1. The maximum Gasteiger partial charge on any atom is 0.254 e. The fourth-order valence-electron chi connectivity index (χ4n) is 3.21. The summed E-state index contributed by atoms with van der Waals surface area (Å²) in [6.45, 7) is 5.08. The summed E-state index contributed by atoms with van der Waals surface area (Å²) < 4.78 is 13.3. The van der Waals surface area contributed by atoms with Gasteiger partial charge in [0.1, 0.15) is 17.5 Å². The molecule has 1 N–H and O–H groups in total. The van der Waals surface area contributed by atoms with Gasteiger partial charge in [-0.1, -0.05) is 6.07 Å². The molecule has 0 fully saturated rings. The van der Waals surface area contributed by atoms with Crippen molar-refractivity contribution in [3.8, 4) is 11.4 Å². The van der Waals surface area contributed by atoms with E-state index in [1.54, 1.807) is 19.2 Å². The monoisotopic (exact) mass is 350 g/mol. The van der Waals surface area contributed by atoms with Crippen molar-refractivity contribution >= 4 is 5.82 Å². The number of hydrogen-bond donors (Lipinski definition) is 1. The topological polar surface area (TPSA) is 61.9 Å². The molecule has 0 aliphatic carbocycles. The first-order valence-corrected chi connectivity index (χ1v) is 8.57. The SMILES string of the molecule is Cc1nc(-c2ccc(N3CCc4cc(F)ccc4C3)nc2)[nH]c(=O)c1C. The molecule has 4 rings (SSSR count). The van der Waals surface area contributed by atoms with Crippen molar-refractivity contribution in [3.63, 3.8) is 0 Å². The van der Waals surface area contributed by atoms with Crippen LogP contribution >= 0.6 is 0 Å². The Morgan fingerprint density at radius 3 is 2.73 bits per heavy atom. The zero-order valence-corrected chi connectivity index (χ0v) is 14.7. The van der Waals surface area contributed by atoms with Gasteiger partial charge in [-0.05, 0) is 55.7 Å². The average Bonchev–Trinajstić information content (AvgIpc) is 2.65. The molecule has 26 heavy (non-hydrogen) atoms. The first-order chi connectivity index (χ1) is 12.5. The van der Waals surface area contributed by atoms with E-state index in [9.17, 15) is 9.18 Å². The van der Waals surface area contributed by atoms with Crippen LogP contribution in [0.2, 0.25) is 0 Å². The fourth-order valence-corrected chi connectivity index (χ4v) is 3.21. The quantitative estimate of drug-likeness (QED) is 0.771. The zero-order valence-electron chi connectivity index (χ0n) is 14.7. The van der Waals surface area contributed by atoms with Crippen LogP contribution in [0.15, 0.2) is 41.3 Å². The Hall–Kier alpha value is -3.02. The lowest BCUT2D eigenvalue weighted by Crippen LogP contribution is -2.31. The van der Waals surface area contributed by atoms with Crippen molar-refractivity contribution in [3.05, 3.63) is 75.1 Å². The number of H-pyrrole nitrogens is 1. The van der Waals surface area contributed by atoms with Crippen LogP contribution in [-0.4, -0.2) is 21.5 Å². The lowest BCUT2D eigenvalue weighted by molar-refractivity contribution is 0.618. The van der Waals surface area contributed by atoms with E-state index in [2.05, 4.69) is 19.9 Å². The number of nitrogens with one attached hydrogen (secondary N) is 1. The summed E-state index contributed by atoms with van der Waals surface area (Å²) in [4.78, 5) is 25.9. The van der Waals surface area contributed by atoms with Crippen molar-refractivity contribution in [2.45, 2.75) is 26.8 Å². The zero-order chi connectivity index (χ0) is 18.3. The van der Waals surface area contributed by atoms with Crippen molar-refractivity contribution in [2.24, 2.45) is 0 Å². The fraction of sp³-hybridized carbons (Fsp3) is 0.250. The molecule has 1 aliphatic heterocycles. The highest BCUT2D eigenvalue weighted by molar-refractivity contribution is 5.57. The summed E-state index contributed by atoms with van der Waals surface area (Å²) in [5.74, 6) is 1.20. The summed E-state index contributed by atoms with van der Waals surface area (Å²) in [6.07, 6.45) is 2.52. The molecule has 132 valence electrons. The molecule has 0 bridgehead atoms. The highest BCUT2D eigenvalue weighted by atomic mass is 19.1. The Labute approximate surface area is 150 Å². The average molecular weight is 350 g/mol. The molecule has 0 atom stereocenters. The molecule has 0 saturated heterocycles. The van der Waals surface area contributed by atoms with Crippen molar-refractivity contribution in [1.29, 1.82) is 0 Å². The number of nitrogens with zero attached hydrogens (tertiary/aromatic N) is 3. The third-order valence-electron chi connectivity index (χ3n) is 4.92. The molecule has 1 aliphatic rings. The van der Waals surface area contributed by atoms with Crippen LogP contribution in [-0.2, 0) is 13.0 Å². The molecule has 5 nitrogen and oxygen atoms in total. The number of pyridine rings is 1. The minimum atomic E-state index is -0.186. The van der Waals surface area contributed by atoms with Gasteiger partial charge in [-0.15, -0.1) is 0 Å². The molecular formula is C20H19FN4O. The minimum absolute atomic E-state index is 0.128. The van der Waals surface area contributed by atoms with Crippen molar-refractivity contribution < 1.29 is 4.39 Å². The van der Waals surface area contributed by atoms with Gasteiger partial charge in [-0.2, -0.15) is 0 Å². The molecule has 6 heteroatoms. The summed E-state index contributed by atoms with van der Waals surface area (Å²) in [5.41, 5.74) is 4.18. The van der Waals surface area contributed by atoms with E-state index in [-0.39, 0.29) is 11.4 Å². The molecule has 3 aromatic rings. The standard InChI is InChI=1S/C20H19FN4O/c1-12-13(2)23-19(24-20(12)26)15-4-6-18(22-10-15)25-8-7-14-9-17(21)5-3-16(14)11-25/h3-6,9-10H,7-8,11H2,1-2H3,(H,23,24,26). The first-order valence-electron chi connectivity index (χ1n) is 8.57. The summed E-state index contributed by atoms with van der Waals surface area (Å²) in [5, 5.41) is 0. The number of hydrogen-bond acceptors (Lipinski definition) is 4. The summed E-state index contributed by atoms with van der Waals surface area (Å²) in [7, 11) is 0. The highest BCUT2D eigenvalue weighted by Crippen LogP contribution is 2.25. The maximum atomic E-state index is 13.3. The highest BCUT2D eigenvalue weighted by Gasteiger charge is 2.18. The Morgan fingerprint density at radius 1 is 1.15 bits per heavy atom. The molecule has 0 radical (unpaired) electrons. The number of anilines is 1. The molecule has 2 aromatic heterocycles. The van der Waals surface area contributed by atoms with E-state index in [1.165, 1.54) is 6.07 Å². The van der Waals surface area contributed by atoms with E-state index in [4.69, 9.17) is 0 Å². The Kier molecular flexibility index (Phi) is 4.03. The number of rotatable bonds is 2. The largest absolute Gasteiger partial charge is 0.352 e. The number of aromatic nitrogens is 3. The van der Waals surface area contributed by atoms with Gasteiger partial charge in [0.2, 0.25) is 0 Å². The van der Waals surface area contributed by atoms with Gasteiger partial charge in [-0.25, -0.2) is 14.4 Å². The normalized spacial score (nSPS) is 13.6. The van der Waals surface area contributed by atoms with Crippen molar-refractivity contribution in [2.75, 3.05) is 11.4 Å². The van der Waals surface area contributed by atoms with Gasteiger partial charge >= 0.3 is 0 Å². The van der Waals surface area contributed by atoms with E-state index < -0.39 is 0 Å². The van der Waals surface area contributed by atoms with Gasteiger partial charge in [0.15, 0.2) is 0 Å². The molecule has 0 unspecified atom stereocenters. The third-order valence-corrected chi connectivity index (χ3v) is 4.92. The van der Waals surface area contributed by atoms with Crippen LogP contribution < -0.4 is 10.5 Å². The second-order valence-corrected chi connectivity index (χ2v) is 6.61. The minimum Gasteiger partial charge on any atom is -0.352 e. The summed E-state index contributed by atoms with van der Waals surface area (Å²) in [6, 6.07) is 8.80. The number of benzene rings is 1. The lowest BCUT2D eigenvalue weighted by atomic mass is 9.99. The lowest BCUT2D eigenvalue weighted by Gasteiger charge is -2.29. The molecule has 0 spiro atoms. The van der Waals surface area contributed by atoms with Gasteiger partial charge in [0.05, 0.1) is 0 Å². The Bertz CT molecular complexity index is 1030. The van der Waals surface area contributed by atoms with Crippen LogP contribution in [0.3, 0.4) is 0 Å². The Morgan fingerprint density at radius 2 is 2.00 bits per heavy atom. The second-order valence-electron chi connectivity index (χ2n) is 6.61. The predicted octanol–water partition coefficient (Wildman–Crippen LogP) is 3.15. The van der Waals surface area contributed by atoms with Gasteiger partial charge in [-0.3, -0.25) is 4.79 Å². The molecule has 0 amide bonds. The molecule has 3 heterocycles. The smallest absolute Gasteiger partial charge is 0.254 e. The Balaban J connectivity index is 1.59. The first kappa shape index (κ1) is 16.4. The maximum absolute atomic E-state index is 13.3. The van der Waals surface area contributed by atoms with Crippen LogP contribution in [0.4, 0.5) is 10.2 Å². The van der Waals surface area contributed by atoms with E-state index >= 15 is 0 Å². The molecule has 1 aromatic carbocycles. The second kappa shape index (κ2) is 6.37. The predicted molar refractivity (Wildman–Crippen MR) is 98.7 cm³/mol. The van der Waals surface area contributed by atoms with Gasteiger partial charge < -0.3 is 9.88 Å².